The first-order valence-corrected chi connectivity index (χ1v) is 9.09. The fourth-order valence-electron chi connectivity index (χ4n) is 3.64. The summed E-state index contributed by atoms with van der Waals surface area (Å²) in [5, 5.41) is 20.5. The molecule has 0 amide bonds. The second-order valence-electron chi connectivity index (χ2n) is 6.94. The molecule has 0 radical (unpaired) electrons. The van der Waals surface area contributed by atoms with Crippen LogP contribution in [0.1, 0.15) is 30.0 Å². The topological polar surface area (TPSA) is 63.4 Å². The molecule has 27 heavy (non-hydrogen) atoms. The monoisotopic (exact) mass is 361 g/mol. The minimum absolute atomic E-state index is 0.110. The maximum atomic E-state index is 10.9. The van der Waals surface area contributed by atoms with Crippen LogP contribution in [0.4, 0.5) is 5.69 Å². The Balaban J connectivity index is 1.98. The van der Waals surface area contributed by atoms with E-state index < -0.39 is 0 Å². The molecule has 0 saturated heterocycles. The molecule has 0 bridgehead atoms. The van der Waals surface area contributed by atoms with E-state index in [0.717, 1.165) is 30.4 Å². The summed E-state index contributed by atoms with van der Waals surface area (Å²) in [7, 11) is 0. The van der Waals surface area contributed by atoms with E-state index in [-0.39, 0.29) is 21.8 Å². The SMILES string of the molecule is CCC(Cc1ccc(O)cc1)(Cc1ccc([N+](=O)[O-])cc1)c1ccccc1. The van der Waals surface area contributed by atoms with Gasteiger partial charge in [0.2, 0.25) is 0 Å². The van der Waals surface area contributed by atoms with Crippen molar-refractivity contribution in [3.63, 3.8) is 0 Å². The van der Waals surface area contributed by atoms with Crippen molar-refractivity contribution in [2.24, 2.45) is 0 Å². The van der Waals surface area contributed by atoms with Crippen LogP contribution in [0.2, 0.25) is 0 Å². The van der Waals surface area contributed by atoms with E-state index in [4.69, 9.17) is 0 Å². The van der Waals surface area contributed by atoms with Crippen molar-refractivity contribution in [2.75, 3.05) is 0 Å². The molecule has 4 heteroatoms. The molecule has 3 rings (SSSR count). The van der Waals surface area contributed by atoms with Gasteiger partial charge in [-0.15, -0.1) is 0 Å². The number of phenols is 1. The molecule has 1 N–H and O–H groups in total. The molecule has 0 aliphatic carbocycles. The second-order valence-corrected chi connectivity index (χ2v) is 6.94. The molecule has 0 aromatic heterocycles. The Bertz CT molecular complexity index is 889. The van der Waals surface area contributed by atoms with Gasteiger partial charge in [-0.25, -0.2) is 0 Å². The van der Waals surface area contributed by atoms with E-state index >= 15 is 0 Å². The molecular weight excluding hydrogens is 338 g/mol. The molecule has 1 unspecified atom stereocenters. The quantitative estimate of drug-likeness (QED) is 0.450. The first-order valence-electron chi connectivity index (χ1n) is 9.09. The van der Waals surface area contributed by atoms with Crippen LogP contribution >= 0.6 is 0 Å². The Morgan fingerprint density at radius 2 is 1.37 bits per heavy atom. The highest BCUT2D eigenvalue weighted by Crippen LogP contribution is 2.36. The summed E-state index contributed by atoms with van der Waals surface area (Å²) in [6.45, 7) is 2.18. The van der Waals surface area contributed by atoms with Crippen LogP contribution in [0.15, 0.2) is 78.9 Å². The minimum Gasteiger partial charge on any atom is -0.508 e. The molecule has 3 aromatic rings. The largest absolute Gasteiger partial charge is 0.508 e. The molecule has 0 aliphatic heterocycles. The first-order chi connectivity index (χ1) is 13.0. The number of non-ortho nitro benzene ring substituents is 1. The average molecular weight is 361 g/mol. The van der Waals surface area contributed by atoms with Crippen molar-refractivity contribution in [1.29, 1.82) is 0 Å². The van der Waals surface area contributed by atoms with Gasteiger partial charge < -0.3 is 5.11 Å². The summed E-state index contributed by atoms with van der Waals surface area (Å²) >= 11 is 0. The number of nitro benzene ring substituents is 1. The summed E-state index contributed by atoms with van der Waals surface area (Å²) in [6.07, 6.45) is 2.53. The van der Waals surface area contributed by atoms with Gasteiger partial charge in [0.15, 0.2) is 0 Å². The van der Waals surface area contributed by atoms with Crippen molar-refractivity contribution < 1.29 is 10.0 Å². The van der Waals surface area contributed by atoms with Crippen LogP contribution in [0.3, 0.4) is 0 Å². The number of hydrogen-bond acceptors (Lipinski definition) is 3. The zero-order valence-corrected chi connectivity index (χ0v) is 15.3. The van der Waals surface area contributed by atoms with Crippen molar-refractivity contribution in [1.82, 2.24) is 0 Å². The van der Waals surface area contributed by atoms with Gasteiger partial charge in [-0.3, -0.25) is 10.1 Å². The number of nitrogens with zero attached hydrogens (tertiary/aromatic N) is 1. The van der Waals surface area contributed by atoms with Crippen LogP contribution in [0, 0.1) is 10.1 Å². The lowest BCUT2D eigenvalue weighted by molar-refractivity contribution is -0.384. The highest BCUT2D eigenvalue weighted by molar-refractivity contribution is 5.37. The maximum absolute atomic E-state index is 10.9. The molecule has 4 nitrogen and oxygen atoms in total. The van der Waals surface area contributed by atoms with Crippen LogP contribution in [0.5, 0.6) is 5.75 Å². The summed E-state index contributed by atoms with van der Waals surface area (Å²) in [6, 6.07) is 24.6. The van der Waals surface area contributed by atoms with Crippen molar-refractivity contribution >= 4 is 5.69 Å². The molecule has 138 valence electrons. The first kappa shape index (κ1) is 18.6. The van der Waals surface area contributed by atoms with Crippen LogP contribution in [0.25, 0.3) is 0 Å². The molecular formula is C23H23NO3. The lowest BCUT2D eigenvalue weighted by Gasteiger charge is -2.34. The summed E-state index contributed by atoms with van der Waals surface area (Å²) in [4.78, 5) is 10.6. The molecule has 0 saturated carbocycles. The van der Waals surface area contributed by atoms with E-state index in [1.54, 1.807) is 24.3 Å². The third-order valence-corrected chi connectivity index (χ3v) is 5.23. The van der Waals surface area contributed by atoms with E-state index in [9.17, 15) is 15.2 Å². The molecule has 1 atom stereocenters. The smallest absolute Gasteiger partial charge is 0.269 e. The Kier molecular flexibility index (Phi) is 5.55. The van der Waals surface area contributed by atoms with Crippen LogP contribution in [-0.4, -0.2) is 10.0 Å². The number of hydrogen-bond donors (Lipinski definition) is 1. The number of rotatable bonds is 7. The third-order valence-electron chi connectivity index (χ3n) is 5.23. The van der Waals surface area contributed by atoms with E-state index in [2.05, 4.69) is 19.1 Å². The maximum Gasteiger partial charge on any atom is 0.269 e. The van der Waals surface area contributed by atoms with Gasteiger partial charge >= 0.3 is 0 Å². The van der Waals surface area contributed by atoms with Crippen LogP contribution in [-0.2, 0) is 18.3 Å². The van der Waals surface area contributed by atoms with E-state index in [1.165, 1.54) is 5.56 Å². The zero-order chi connectivity index (χ0) is 19.3. The van der Waals surface area contributed by atoms with Gasteiger partial charge in [0.25, 0.3) is 5.69 Å². The zero-order valence-electron chi connectivity index (χ0n) is 15.3. The summed E-state index contributed by atoms with van der Waals surface area (Å²) in [5.41, 5.74) is 3.46. The number of aromatic hydroxyl groups is 1. The Hall–Kier alpha value is -3.14. The lowest BCUT2D eigenvalue weighted by atomic mass is 9.69. The minimum atomic E-state index is -0.371. The Morgan fingerprint density at radius 3 is 1.85 bits per heavy atom. The standard InChI is InChI=1S/C23H23NO3/c1-2-23(20-6-4-3-5-7-20,17-19-10-14-22(25)15-11-19)16-18-8-12-21(13-9-18)24(26)27/h3-15,25H,2,16-17H2,1H3. The molecule has 0 heterocycles. The van der Waals surface area contributed by atoms with Gasteiger partial charge in [-0.2, -0.15) is 0 Å². The van der Waals surface area contributed by atoms with Gasteiger partial charge in [0.05, 0.1) is 4.92 Å². The van der Waals surface area contributed by atoms with Gasteiger partial charge in [-0.05, 0) is 48.1 Å². The van der Waals surface area contributed by atoms with Crippen LogP contribution < -0.4 is 0 Å². The summed E-state index contributed by atoms with van der Waals surface area (Å²) in [5.74, 6) is 0.260. The van der Waals surface area contributed by atoms with Crippen molar-refractivity contribution in [3.05, 3.63) is 106 Å². The molecule has 0 spiro atoms. The Morgan fingerprint density at radius 1 is 0.852 bits per heavy atom. The van der Waals surface area contributed by atoms with Gasteiger partial charge in [0, 0.05) is 17.5 Å². The number of nitro groups is 1. The predicted octanol–water partition coefficient (Wildman–Crippen LogP) is 5.43. The molecule has 3 aromatic carbocycles. The van der Waals surface area contributed by atoms with Gasteiger partial charge in [0.1, 0.15) is 5.75 Å². The fourth-order valence-corrected chi connectivity index (χ4v) is 3.64. The van der Waals surface area contributed by atoms with E-state index in [1.807, 2.05) is 42.5 Å². The predicted molar refractivity (Wildman–Crippen MR) is 107 cm³/mol. The molecule has 0 aliphatic rings. The van der Waals surface area contributed by atoms with E-state index in [0.29, 0.717) is 0 Å². The highest BCUT2D eigenvalue weighted by Gasteiger charge is 2.31. The van der Waals surface area contributed by atoms with Gasteiger partial charge in [-0.1, -0.05) is 61.5 Å². The van der Waals surface area contributed by atoms with Crippen molar-refractivity contribution in [3.8, 4) is 5.75 Å². The number of benzene rings is 3. The summed E-state index contributed by atoms with van der Waals surface area (Å²) < 4.78 is 0. The lowest BCUT2D eigenvalue weighted by Crippen LogP contribution is -2.31. The normalized spacial score (nSPS) is 13.1. The Labute approximate surface area is 159 Å². The highest BCUT2D eigenvalue weighted by atomic mass is 16.6. The molecule has 0 fully saturated rings. The third kappa shape index (κ3) is 4.34. The second kappa shape index (κ2) is 8.04. The van der Waals surface area contributed by atoms with Crippen molar-refractivity contribution in [2.45, 2.75) is 31.6 Å². The average Bonchev–Trinajstić information content (AvgIpc) is 2.70. The number of phenolic OH excluding ortho intramolecular Hbond substituents is 1. The fraction of sp³-hybridized carbons (Fsp3) is 0.217.